The van der Waals surface area contributed by atoms with Crippen LogP contribution in [0.5, 0.6) is 5.75 Å². The largest absolute Gasteiger partial charge is 0.497 e. The molecule has 0 amide bonds. The van der Waals surface area contributed by atoms with Crippen LogP contribution in [0.25, 0.3) is 0 Å². The van der Waals surface area contributed by atoms with Gasteiger partial charge in [-0.25, -0.2) is 4.39 Å². The van der Waals surface area contributed by atoms with Crippen molar-refractivity contribution in [2.24, 2.45) is 0 Å². The summed E-state index contributed by atoms with van der Waals surface area (Å²) in [6.07, 6.45) is -1.49. The number of benzene rings is 1. The van der Waals surface area contributed by atoms with Gasteiger partial charge in [-0.05, 0) is 12.1 Å². The van der Waals surface area contributed by atoms with E-state index in [1.54, 1.807) is 0 Å². The van der Waals surface area contributed by atoms with Crippen LogP contribution in [0, 0.1) is 5.82 Å². The quantitative estimate of drug-likeness (QED) is 0.792. The number of aliphatic hydroxyl groups is 1. The number of rotatable bonds is 4. The molecule has 0 aliphatic heterocycles. The summed E-state index contributed by atoms with van der Waals surface area (Å²) in [6.45, 7) is 0. The predicted molar refractivity (Wildman–Crippen MR) is 54.5 cm³/mol. The first-order valence-electron chi connectivity index (χ1n) is 4.66. The third kappa shape index (κ3) is 2.93. The number of aliphatic hydroxyl groups excluding tert-OH is 1. The van der Waals surface area contributed by atoms with Crippen molar-refractivity contribution >= 4 is 5.97 Å². The van der Waals surface area contributed by atoms with Crippen LogP contribution in [-0.4, -0.2) is 25.3 Å². The van der Waals surface area contributed by atoms with Crippen LogP contribution in [0.15, 0.2) is 18.2 Å². The minimum atomic E-state index is -1.21. The molecule has 16 heavy (non-hydrogen) atoms. The molecule has 0 radical (unpaired) electrons. The highest BCUT2D eigenvalue weighted by Gasteiger charge is 2.17. The van der Waals surface area contributed by atoms with Gasteiger partial charge in [0.25, 0.3) is 0 Å². The Labute approximate surface area is 92.6 Å². The molecule has 1 atom stereocenters. The molecule has 5 heteroatoms. The predicted octanol–water partition coefficient (Wildman–Crippen LogP) is 1.43. The fraction of sp³-hybridized carbons (Fsp3) is 0.364. The minimum Gasteiger partial charge on any atom is -0.497 e. The number of carbonyl (C=O) groups is 1. The Kier molecular flexibility index (Phi) is 4.25. The first-order chi connectivity index (χ1) is 7.58. The van der Waals surface area contributed by atoms with Crippen LogP contribution in [0.3, 0.4) is 0 Å². The van der Waals surface area contributed by atoms with Crippen molar-refractivity contribution in [2.75, 3.05) is 14.2 Å². The monoisotopic (exact) mass is 228 g/mol. The molecule has 0 fully saturated rings. The normalized spacial score (nSPS) is 12.0. The highest BCUT2D eigenvalue weighted by Crippen LogP contribution is 2.24. The number of ether oxygens (including phenoxy) is 2. The van der Waals surface area contributed by atoms with Crippen LogP contribution >= 0.6 is 0 Å². The van der Waals surface area contributed by atoms with E-state index >= 15 is 0 Å². The van der Waals surface area contributed by atoms with Gasteiger partial charge in [-0.2, -0.15) is 0 Å². The third-order valence-electron chi connectivity index (χ3n) is 2.15. The van der Waals surface area contributed by atoms with Gasteiger partial charge in [0.1, 0.15) is 11.6 Å². The van der Waals surface area contributed by atoms with E-state index in [9.17, 15) is 14.3 Å². The Bertz CT molecular complexity index is 378. The molecular formula is C11H13FO4. The van der Waals surface area contributed by atoms with Gasteiger partial charge in [0.05, 0.1) is 26.7 Å². The van der Waals surface area contributed by atoms with Gasteiger partial charge in [0.15, 0.2) is 0 Å². The second-order valence-corrected chi connectivity index (χ2v) is 3.18. The lowest BCUT2D eigenvalue weighted by Crippen LogP contribution is -2.09. The topological polar surface area (TPSA) is 55.8 Å². The Hall–Kier alpha value is -1.62. The molecule has 0 saturated carbocycles. The summed E-state index contributed by atoms with van der Waals surface area (Å²) in [5.41, 5.74) is 0.0474. The van der Waals surface area contributed by atoms with E-state index < -0.39 is 17.9 Å². The number of esters is 1. The van der Waals surface area contributed by atoms with Crippen LogP contribution in [0.2, 0.25) is 0 Å². The summed E-state index contributed by atoms with van der Waals surface area (Å²) in [6, 6.07) is 4.04. The Morgan fingerprint density at radius 2 is 2.19 bits per heavy atom. The van der Waals surface area contributed by atoms with Gasteiger partial charge in [0, 0.05) is 11.6 Å². The Morgan fingerprint density at radius 3 is 2.69 bits per heavy atom. The van der Waals surface area contributed by atoms with Gasteiger partial charge in [-0.15, -0.1) is 0 Å². The van der Waals surface area contributed by atoms with Crippen molar-refractivity contribution in [2.45, 2.75) is 12.5 Å². The van der Waals surface area contributed by atoms with Gasteiger partial charge in [0.2, 0.25) is 0 Å². The SMILES string of the molecule is COC(=O)C[C@@H](O)c1ccc(OC)cc1F. The lowest BCUT2D eigenvalue weighted by molar-refractivity contribution is -0.142. The molecule has 0 heterocycles. The molecule has 0 saturated heterocycles. The van der Waals surface area contributed by atoms with Crippen LogP contribution in [-0.2, 0) is 9.53 Å². The Morgan fingerprint density at radius 1 is 1.50 bits per heavy atom. The van der Waals surface area contributed by atoms with E-state index in [1.807, 2.05) is 0 Å². The van der Waals surface area contributed by atoms with Crippen molar-refractivity contribution in [1.82, 2.24) is 0 Å². The lowest BCUT2D eigenvalue weighted by atomic mass is 10.1. The summed E-state index contributed by atoms with van der Waals surface area (Å²) >= 11 is 0. The second-order valence-electron chi connectivity index (χ2n) is 3.18. The number of carbonyl (C=O) groups excluding carboxylic acids is 1. The zero-order valence-corrected chi connectivity index (χ0v) is 9.07. The molecule has 1 N–H and O–H groups in total. The standard InChI is InChI=1S/C11H13FO4/c1-15-7-3-4-8(9(12)5-7)10(13)6-11(14)16-2/h3-5,10,13H,6H2,1-2H3/t10-/m1/s1. The van der Waals surface area contributed by atoms with Gasteiger partial charge in [-0.3, -0.25) is 4.79 Å². The zero-order chi connectivity index (χ0) is 12.1. The lowest BCUT2D eigenvalue weighted by Gasteiger charge is -2.11. The van der Waals surface area contributed by atoms with Crippen molar-refractivity contribution in [3.05, 3.63) is 29.6 Å². The molecule has 88 valence electrons. The van der Waals surface area contributed by atoms with Gasteiger partial charge >= 0.3 is 5.97 Å². The van der Waals surface area contributed by atoms with E-state index in [1.165, 1.54) is 26.4 Å². The van der Waals surface area contributed by atoms with Gasteiger partial charge in [-0.1, -0.05) is 0 Å². The molecule has 0 aliphatic rings. The molecule has 0 unspecified atom stereocenters. The summed E-state index contributed by atoms with van der Waals surface area (Å²) < 4.78 is 22.6. The molecule has 4 nitrogen and oxygen atoms in total. The first kappa shape index (κ1) is 12.4. The molecule has 1 rings (SSSR count). The van der Waals surface area contributed by atoms with Crippen molar-refractivity contribution in [1.29, 1.82) is 0 Å². The second kappa shape index (κ2) is 5.46. The van der Waals surface area contributed by atoms with Crippen LogP contribution in [0.4, 0.5) is 4.39 Å². The molecule has 0 aromatic heterocycles. The van der Waals surface area contributed by atoms with E-state index in [-0.39, 0.29) is 12.0 Å². The maximum Gasteiger partial charge on any atom is 0.308 e. The molecule has 0 spiro atoms. The van der Waals surface area contributed by atoms with E-state index in [4.69, 9.17) is 4.74 Å². The summed E-state index contributed by atoms with van der Waals surface area (Å²) in [7, 11) is 2.62. The number of hydrogen-bond donors (Lipinski definition) is 1. The maximum atomic E-state index is 13.4. The van der Waals surface area contributed by atoms with E-state index in [0.29, 0.717) is 5.75 Å². The average Bonchev–Trinajstić information content (AvgIpc) is 2.28. The van der Waals surface area contributed by atoms with E-state index in [0.717, 1.165) is 6.07 Å². The first-order valence-corrected chi connectivity index (χ1v) is 4.66. The smallest absolute Gasteiger partial charge is 0.308 e. The summed E-state index contributed by atoms with van der Waals surface area (Å²) in [5.74, 6) is -0.856. The Balaban J connectivity index is 2.83. The fourth-order valence-corrected chi connectivity index (χ4v) is 1.26. The highest BCUT2D eigenvalue weighted by atomic mass is 19.1. The van der Waals surface area contributed by atoms with E-state index in [2.05, 4.69) is 4.74 Å². The van der Waals surface area contributed by atoms with Crippen molar-refractivity contribution in [3.63, 3.8) is 0 Å². The number of methoxy groups -OCH3 is 2. The zero-order valence-electron chi connectivity index (χ0n) is 9.07. The van der Waals surface area contributed by atoms with Crippen LogP contribution < -0.4 is 4.74 Å². The number of halogens is 1. The molecule has 0 aliphatic carbocycles. The maximum absolute atomic E-state index is 13.4. The average molecular weight is 228 g/mol. The minimum absolute atomic E-state index is 0.0474. The highest BCUT2D eigenvalue weighted by molar-refractivity contribution is 5.70. The van der Waals surface area contributed by atoms with Gasteiger partial charge < -0.3 is 14.6 Å². The van der Waals surface area contributed by atoms with Crippen LogP contribution in [0.1, 0.15) is 18.1 Å². The number of hydrogen-bond acceptors (Lipinski definition) is 4. The summed E-state index contributed by atoms with van der Waals surface area (Å²) in [4.78, 5) is 10.9. The van der Waals surface area contributed by atoms with Crippen molar-refractivity contribution < 1.29 is 23.8 Å². The van der Waals surface area contributed by atoms with Crippen molar-refractivity contribution in [3.8, 4) is 5.75 Å². The molecule has 1 aromatic carbocycles. The molecular weight excluding hydrogens is 215 g/mol. The fourth-order valence-electron chi connectivity index (χ4n) is 1.26. The molecule has 0 bridgehead atoms. The third-order valence-corrected chi connectivity index (χ3v) is 2.15. The summed E-state index contributed by atoms with van der Waals surface area (Å²) in [5, 5.41) is 9.58. The molecule has 1 aromatic rings.